The summed E-state index contributed by atoms with van der Waals surface area (Å²) in [7, 11) is 0. The molecular weight excluding hydrogens is 268 g/mol. The molecule has 3 nitrogen and oxygen atoms in total. The summed E-state index contributed by atoms with van der Waals surface area (Å²) in [5.74, 6) is 2.27. The normalized spacial score (nSPS) is 21.3. The van der Waals surface area contributed by atoms with Gasteiger partial charge in [-0.2, -0.15) is 4.98 Å². The molecule has 1 heterocycles. The summed E-state index contributed by atoms with van der Waals surface area (Å²) in [6.45, 7) is 0. The molecule has 0 radical (unpaired) electrons. The standard InChI is InChI=1S/C12H15BrN2O/c13-10-7-11(16-9-3-1-2-4-9)15-12(14-10)8-5-6-8/h7-9H,1-6H2. The first kappa shape index (κ1) is 10.5. The van der Waals surface area contributed by atoms with Crippen molar-refractivity contribution in [3.05, 3.63) is 16.5 Å². The second-order valence-electron chi connectivity index (χ2n) is 4.69. The van der Waals surface area contributed by atoms with Crippen molar-refractivity contribution >= 4 is 15.9 Å². The molecule has 4 heteroatoms. The Morgan fingerprint density at radius 3 is 2.56 bits per heavy atom. The van der Waals surface area contributed by atoms with E-state index in [2.05, 4.69) is 25.9 Å². The third kappa shape index (κ3) is 2.37. The van der Waals surface area contributed by atoms with Gasteiger partial charge in [0.05, 0.1) is 0 Å². The van der Waals surface area contributed by atoms with E-state index in [0.717, 1.165) is 16.3 Å². The first-order valence-corrected chi connectivity index (χ1v) is 6.82. The molecule has 3 rings (SSSR count). The van der Waals surface area contributed by atoms with E-state index in [0.29, 0.717) is 12.0 Å². The molecule has 86 valence electrons. The smallest absolute Gasteiger partial charge is 0.218 e. The molecule has 0 bridgehead atoms. The molecule has 2 fully saturated rings. The van der Waals surface area contributed by atoms with Crippen LogP contribution in [-0.4, -0.2) is 16.1 Å². The van der Waals surface area contributed by atoms with Crippen molar-refractivity contribution in [1.82, 2.24) is 9.97 Å². The summed E-state index contributed by atoms with van der Waals surface area (Å²) in [5.41, 5.74) is 0. The van der Waals surface area contributed by atoms with E-state index in [-0.39, 0.29) is 0 Å². The Labute approximate surface area is 104 Å². The molecule has 2 aliphatic rings. The number of ether oxygens (including phenoxy) is 1. The van der Waals surface area contributed by atoms with Crippen molar-refractivity contribution in [2.24, 2.45) is 0 Å². The van der Waals surface area contributed by atoms with Gasteiger partial charge in [-0.05, 0) is 54.5 Å². The van der Waals surface area contributed by atoms with Crippen LogP contribution in [0.3, 0.4) is 0 Å². The topological polar surface area (TPSA) is 35.0 Å². The molecule has 2 aliphatic carbocycles. The van der Waals surface area contributed by atoms with Crippen LogP contribution < -0.4 is 4.74 Å². The lowest BCUT2D eigenvalue weighted by atomic mass is 10.3. The molecule has 2 saturated carbocycles. The van der Waals surface area contributed by atoms with Gasteiger partial charge in [0.25, 0.3) is 0 Å². The van der Waals surface area contributed by atoms with Crippen LogP contribution in [-0.2, 0) is 0 Å². The maximum atomic E-state index is 5.89. The predicted molar refractivity (Wildman–Crippen MR) is 64.6 cm³/mol. The van der Waals surface area contributed by atoms with Crippen molar-refractivity contribution in [3.8, 4) is 5.88 Å². The zero-order chi connectivity index (χ0) is 11.0. The van der Waals surface area contributed by atoms with E-state index in [1.807, 2.05) is 6.07 Å². The highest BCUT2D eigenvalue weighted by Gasteiger charge is 2.28. The highest BCUT2D eigenvalue weighted by atomic mass is 79.9. The largest absolute Gasteiger partial charge is 0.474 e. The van der Waals surface area contributed by atoms with E-state index in [4.69, 9.17) is 4.74 Å². The number of aromatic nitrogens is 2. The third-order valence-electron chi connectivity index (χ3n) is 3.22. The fraction of sp³-hybridized carbons (Fsp3) is 0.667. The van der Waals surface area contributed by atoms with E-state index in [1.54, 1.807) is 0 Å². The highest BCUT2D eigenvalue weighted by molar-refractivity contribution is 9.10. The molecule has 0 aromatic carbocycles. The Morgan fingerprint density at radius 1 is 1.12 bits per heavy atom. The number of halogens is 1. The quantitative estimate of drug-likeness (QED) is 0.797. The van der Waals surface area contributed by atoms with E-state index >= 15 is 0 Å². The average molecular weight is 283 g/mol. The summed E-state index contributed by atoms with van der Waals surface area (Å²) >= 11 is 3.43. The van der Waals surface area contributed by atoms with Crippen LogP contribution in [0, 0.1) is 0 Å². The SMILES string of the molecule is Brc1cc(OC2CCCC2)nc(C2CC2)n1. The Hall–Kier alpha value is -0.640. The van der Waals surface area contributed by atoms with Crippen molar-refractivity contribution in [2.75, 3.05) is 0 Å². The maximum Gasteiger partial charge on any atom is 0.218 e. The molecule has 0 atom stereocenters. The van der Waals surface area contributed by atoms with Crippen LogP contribution in [0.25, 0.3) is 0 Å². The Morgan fingerprint density at radius 2 is 1.88 bits per heavy atom. The van der Waals surface area contributed by atoms with Gasteiger partial charge in [0.15, 0.2) is 0 Å². The van der Waals surface area contributed by atoms with Crippen molar-refractivity contribution in [1.29, 1.82) is 0 Å². The first-order valence-electron chi connectivity index (χ1n) is 6.02. The molecule has 0 N–H and O–H groups in total. The van der Waals surface area contributed by atoms with Gasteiger partial charge in [-0.3, -0.25) is 0 Å². The van der Waals surface area contributed by atoms with E-state index in [9.17, 15) is 0 Å². The second-order valence-corrected chi connectivity index (χ2v) is 5.50. The number of hydrogen-bond acceptors (Lipinski definition) is 3. The second kappa shape index (κ2) is 4.32. The lowest BCUT2D eigenvalue weighted by Gasteiger charge is -2.12. The average Bonchev–Trinajstić information content (AvgIpc) is 2.98. The summed E-state index contributed by atoms with van der Waals surface area (Å²) in [5, 5.41) is 0. The van der Waals surface area contributed by atoms with E-state index < -0.39 is 0 Å². The van der Waals surface area contributed by atoms with Gasteiger partial charge in [0.2, 0.25) is 5.88 Å². The molecule has 0 aliphatic heterocycles. The molecule has 0 amide bonds. The molecule has 0 spiro atoms. The third-order valence-corrected chi connectivity index (χ3v) is 3.63. The zero-order valence-corrected chi connectivity index (χ0v) is 10.7. The van der Waals surface area contributed by atoms with Crippen molar-refractivity contribution in [2.45, 2.75) is 50.5 Å². The van der Waals surface area contributed by atoms with Crippen LogP contribution in [0.4, 0.5) is 0 Å². The highest BCUT2D eigenvalue weighted by Crippen LogP contribution is 2.39. The molecule has 0 saturated heterocycles. The van der Waals surface area contributed by atoms with Crippen LogP contribution >= 0.6 is 15.9 Å². The molecule has 16 heavy (non-hydrogen) atoms. The maximum absolute atomic E-state index is 5.89. The summed E-state index contributed by atoms with van der Waals surface area (Å²) < 4.78 is 6.74. The fourth-order valence-electron chi connectivity index (χ4n) is 2.18. The number of hydrogen-bond donors (Lipinski definition) is 0. The minimum atomic E-state index is 0.369. The monoisotopic (exact) mass is 282 g/mol. The molecule has 0 unspecified atom stereocenters. The Kier molecular flexibility index (Phi) is 2.84. The van der Waals surface area contributed by atoms with Crippen LogP contribution in [0.5, 0.6) is 5.88 Å². The van der Waals surface area contributed by atoms with Gasteiger partial charge >= 0.3 is 0 Å². The Bertz CT molecular complexity index is 387. The lowest BCUT2D eigenvalue weighted by Crippen LogP contribution is -2.12. The van der Waals surface area contributed by atoms with Gasteiger partial charge in [-0.15, -0.1) is 0 Å². The van der Waals surface area contributed by atoms with Gasteiger partial charge in [0, 0.05) is 12.0 Å². The first-order chi connectivity index (χ1) is 7.81. The van der Waals surface area contributed by atoms with Gasteiger partial charge in [-0.1, -0.05) is 0 Å². The molecule has 1 aromatic heterocycles. The van der Waals surface area contributed by atoms with Crippen LogP contribution in [0.1, 0.15) is 50.3 Å². The van der Waals surface area contributed by atoms with Crippen LogP contribution in [0.15, 0.2) is 10.7 Å². The lowest BCUT2D eigenvalue weighted by molar-refractivity contribution is 0.200. The molecule has 1 aromatic rings. The Balaban J connectivity index is 1.76. The van der Waals surface area contributed by atoms with Gasteiger partial charge in [-0.25, -0.2) is 4.98 Å². The van der Waals surface area contributed by atoms with Gasteiger partial charge < -0.3 is 4.74 Å². The minimum absolute atomic E-state index is 0.369. The number of rotatable bonds is 3. The number of nitrogens with zero attached hydrogens (tertiary/aromatic N) is 2. The summed E-state index contributed by atoms with van der Waals surface area (Å²) in [6.07, 6.45) is 7.71. The predicted octanol–water partition coefficient (Wildman–Crippen LogP) is 3.44. The van der Waals surface area contributed by atoms with Gasteiger partial charge in [0.1, 0.15) is 16.5 Å². The molecular formula is C12H15BrN2O. The van der Waals surface area contributed by atoms with Crippen molar-refractivity contribution < 1.29 is 4.74 Å². The minimum Gasteiger partial charge on any atom is -0.474 e. The van der Waals surface area contributed by atoms with Crippen molar-refractivity contribution in [3.63, 3.8) is 0 Å². The summed E-state index contributed by atoms with van der Waals surface area (Å²) in [6, 6.07) is 1.88. The fourth-order valence-corrected chi connectivity index (χ4v) is 2.55. The van der Waals surface area contributed by atoms with Crippen LogP contribution in [0.2, 0.25) is 0 Å². The zero-order valence-electron chi connectivity index (χ0n) is 9.16. The van der Waals surface area contributed by atoms with E-state index in [1.165, 1.54) is 38.5 Å². The summed E-state index contributed by atoms with van der Waals surface area (Å²) in [4.78, 5) is 8.89.